The number of hydrogen-bond donors (Lipinski definition) is 1. The van der Waals surface area contributed by atoms with Gasteiger partial charge >= 0.3 is 5.97 Å². The van der Waals surface area contributed by atoms with E-state index in [9.17, 15) is 9.90 Å². The van der Waals surface area contributed by atoms with Crippen molar-refractivity contribution in [3.05, 3.63) is 69.8 Å². The van der Waals surface area contributed by atoms with Crippen LogP contribution in [0.4, 0.5) is 0 Å². The van der Waals surface area contributed by atoms with Gasteiger partial charge in [-0.15, -0.1) is 0 Å². The second kappa shape index (κ2) is 10.9. The maximum Gasteiger partial charge on any atom is 0.335 e. The molecule has 35 heavy (non-hydrogen) atoms. The summed E-state index contributed by atoms with van der Waals surface area (Å²) < 4.78 is 0. The molecule has 0 radical (unpaired) electrons. The number of aromatic carboxylic acids is 1. The van der Waals surface area contributed by atoms with Crippen molar-refractivity contribution in [1.82, 2.24) is 4.90 Å². The van der Waals surface area contributed by atoms with Gasteiger partial charge in [-0.1, -0.05) is 70.5 Å². The maximum atomic E-state index is 11.2. The second-order valence-corrected chi connectivity index (χ2v) is 12.7. The minimum Gasteiger partial charge on any atom is -0.478 e. The number of likely N-dealkylation sites (tertiary alicyclic amines) is 1. The molecule has 0 amide bonds. The van der Waals surface area contributed by atoms with Gasteiger partial charge in [-0.25, -0.2) is 4.79 Å². The van der Waals surface area contributed by atoms with Gasteiger partial charge in [0.1, 0.15) is 0 Å². The van der Waals surface area contributed by atoms with E-state index in [0.29, 0.717) is 5.56 Å². The zero-order valence-electron chi connectivity index (χ0n) is 21.9. The Morgan fingerprint density at radius 1 is 0.943 bits per heavy atom. The van der Waals surface area contributed by atoms with E-state index in [-0.39, 0.29) is 10.8 Å². The first kappa shape index (κ1) is 26.0. The third-order valence-corrected chi connectivity index (χ3v) is 8.97. The van der Waals surface area contributed by atoms with Crippen LogP contribution in [0.5, 0.6) is 0 Å². The summed E-state index contributed by atoms with van der Waals surface area (Å²) in [6, 6.07) is 12.1. The van der Waals surface area contributed by atoms with Crippen LogP contribution in [0.2, 0.25) is 0 Å². The molecule has 188 valence electrons. The Morgan fingerprint density at radius 2 is 1.57 bits per heavy atom. The average Bonchev–Trinajstić information content (AvgIpc) is 2.84. The van der Waals surface area contributed by atoms with Gasteiger partial charge in [0.25, 0.3) is 0 Å². The number of carboxylic acids is 1. The van der Waals surface area contributed by atoms with E-state index < -0.39 is 5.97 Å². The average molecular weight is 492 g/mol. The number of rotatable bonds is 8. The lowest BCUT2D eigenvalue weighted by Gasteiger charge is -2.42. The monoisotopic (exact) mass is 491 g/mol. The minimum atomic E-state index is -0.885. The number of fused-ring (bicyclic) bond motifs is 1. The molecule has 1 heterocycles. The quantitative estimate of drug-likeness (QED) is 0.304. The van der Waals surface area contributed by atoms with Crippen molar-refractivity contribution >= 4 is 29.9 Å². The molecular weight excluding hydrogens is 450 g/mol. The van der Waals surface area contributed by atoms with Gasteiger partial charge in [0, 0.05) is 18.1 Å². The highest BCUT2D eigenvalue weighted by Crippen LogP contribution is 2.47. The maximum absolute atomic E-state index is 11.2. The lowest BCUT2D eigenvalue weighted by Crippen LogP contribution is -2.34. The molecule has 4 rings (SSSR count). The van der Waals surface area contributed by atoms with Crippen LogP contribution in [0.25, 0.3) is 12.2 Å². The van der Waals surface area contributed by atoms with Crippen molar-refractivity contribution in [2.24, 2.45) is 0 Å². The molecule has 3 nitrogen and oxygen atoms in total. The molecule has 2 aromatic rings. The summed E-state index contributed by atoms with van der Waals surface area (Å²) >= 11 is 2.05. The Kier molecular flexibility index (Phi) is 8.12. The van der Waals surface area contributed by atoms with E-state index in [1.165, 1.54) is 79.7 Å². The van der Waals surface area contributed by atoms with E-state index >= 15 is 0 Å². The van der Waals surface area contributed by atoms with Crippen LogP contribution in [-0.4, -0.2) is 41.4 Å². The fourth-order valence-electron chi connectivity index (χ4n) is 5.44. The Hall–Kier alpha value is -2.04. The third kappa shape index (κ3) is 6.40. The van der Waals surface area contributed by atoms with E-state index in [4.69, 9.17) is 0 Å². The predicted octanol–water partition coefficient (Wildman–Crippen LogP) is 7.62. The van der Waals surface area contributed by atoms with Crippen molar-refractivity contribution in [3.63, 3.8) is 0 Å². The summed E-state index contributed by atoms with van der Waals surface area (Å²) in [5, 5.41) is 9.19. The van der Waals surface area contributed by atoms with Crippen molar-refractivity contribution in [2.75, 3.05) is 25.4 Å². The zero-order valence-corrected chi connectivity index (χ0v) is 22.7. The molecule has 0 aromatic heterocycles. The summed E-state index contributed by atoms with van der Waals surface area (Å²) in [5.74, 6) is 1.31. The van der Waals surface area contributed by atoms with Crippen molar-refractivity contribution in [3.8, 4) is 0 Å². The van der Waals surface area contributed by atoms with Crippen molar-refractivity contribution in [2.45, 2.75) is 76.4 Å². The SMILES string of the molecule is CC1(C)CCC(C)(C)c2cc(CSCCN3CCCCC3)c(/C=C/c3ccc(C(=O)O)cc3)cc21. The van der Waals surface area contributed by atoms with Crippen LogP contribution in [0, 0.1) is 0 Å². The molecule has 0 spiro atoms. The fourth-order valence-corrected chi connectivity index (χ4v) is 6.44. The first-order chi connectivity index (χ1) is 16.7. The van der Waals surface area contributed by atoms with Gasteiger partial charge < -0.3 is 10.0 Å². The highest BCUT2D eigenvalue weighted by molar-refractivity contribution is 7.98. The lowest BCUT2D eigenvalue weighted by molar-refractivity contribution is 0.0697. The van der Waals surface area contributed by atoms with E-state index in [2.05, 4.69) is 68.6 Å². The van der Waals surface area contributed by atoms with Gasteiger partial charge in [-0.05, 0) is 89.6 Å². The van der Waals surface area contributed by atoms with E-state index in [1.807, 2.05) is 12.1 Å². The van der Waals surface area contributed by atoms with Crippen LogP contribution < -0.4 is 0 Å². The number of thioether (sulfide) groups is 1. The minimum absolute atomic E-state index is 0.177. The second-order valence-electron chi connectivity index (χ2n) is 11.6. The zero-order chi connectivity index (χ0) is 25.1. The molecule has 2 aliphatic rings. The third-order valence-electron chi connectivity index (χ3n) is 7.98. The molecule has 4 heteroatoms. The molecule has 1 N–H and O–H groups in total. The van der Waals surface area contributed by atoms with Gasteiger partial charge in [-0.2, -0.15) is 11.8 Å². The van der Waals surface area contributed by atoms with E-state index in [1.54, 1.807) is 12.1 Å². The van der Waals surface area contributed by atoms with Gasteiger partial charge in [0.2, 0.25) is 0 Å². The van der Waals surface area contributed by atoms with E-state index in [0.717, 1.165) is 11.3 Å². The largest absolute Gasteiger partial charge is 0.478 e. The number of piperidine rings is 1. The van der Waals surface area contributed by atoms with Gasteiger partial charge in [0.15, 0.2) is 0 Å². The first-order valence-corrected chi connectivity index (χ1v) is 14.3. The van der Waals surface area contributed by atoms with Crippen LogP contribution in [0.15, 0.2) is 36.4 Å². The van der Waals surface area contributed by atoms with Crippen molar-refractivity contribution < 1.29 is 9.90 Å². The smallest absolute Gasteiger partial charge is 0.335 e. The molecule has 0 bridgehead atoms. The summed E-state index contributed by atoms with van der Waals surface area (Å²) in [7, 11) is 0. The number of carbonyl (C=O) groups is 1. The van der Waals surface area contributed by atoms with Gasteiger partial charge in [0.05, 0.1) is 5.56 Å². The Balaban J connectivity index is 1.58. The summed E-state index contributed by atoms with van der Waals surface area (Å²) in [6.45, 7) is 13.3. The summed E-state index contributed by atoms with van der Waals surface area (Å²) in [4.78, 5) is 13.8. The van der Waals surface area contributed by atoms with Gasteiger partial charge in [-0.3, -0.25) is 0 Å². The number of carboxylic acid groups (broad SMARTS) is 1. The standard InChI is InChI=1S/C31H41NO2S/c1-30(2)14-15-31(3,4)28-21-26(22-35-19-18-32-16-6-5-7-17-32)25(20-27(28)30)13-10-23-8-11-24(12-9-23)29(33)34/h8-13,20-21H,5-7,14-19,22H2,1-4H3,(H,33,34)/b13-10+. The molecular formula is C31H41NO2S. The lowest BCUT2D eigenvalue weighted by atomic mass is 9.62. The number of nitrogens with zero attached hydrogens (tertiary/aromatic N) is 1. The van der Waals surface area contributed by atoms with Crippen molar-refractivity contribution in [1.29, 1.82) is 0 Å². The summed E-state index contributed by atoms with van der Waals surface area (Å²) in [6.07, 6.45) is 10.9. The summed E-state index contributed by atoms with van der Waals surface area (Å²) in [5.41, 5.74) is 7.43. The molecule has 1 fully saturated rings. The van der Waals surface area contributed by atoms with Crippen LogP contribution in [0.1, 0.15) is 98.0 Å². The molecule has 0 atom stereocenters. The predicted molar refractivity (Wildman–Crippen MR) is 151 cm³/mol. The topological polar surface area (TPSA) is 40.5 Å². The number of benzene rings is 2. The molecule has 2 aromatic carbocycles. The highest BCUT2D eigenvalue weighted by Gasteiger charge is 2.37. The molecule has 1 aliphatic heterocycles. The van der Waals surface area contributed by atoms with Crippen LogP contribution >= 0.6 is 11.8 Å². The normalized spacial score (nSPS) is 19.5. The molecule has 1 saturated heterocycles. The van der Waals surface area contributed by atoms with Crippen LogP contribution in [0.3, 0.4) is 0 Å². The molecule has 0 unspecified atom stereocenters. The Morgan fingerprint density at radius 3 is 2.20 bits per heavy atom. The fraction of sp³-hybridized carbons (Fsp3) is 0.516. The number of hydrogen-bond acceptors (Lipinski definition) is 3. The molecule has 0 saturated carbocycles. The first-order valence-electron chi connectivity index (χ1n) is 13.2. The highest BCUT2D eigenvalue weighted by atomic mass is 32.2. The van der Waals surface area contributed by atoms with Crippen LogP contribution in [-0.2, 0) is 16.6 Å². The Bertz CT molecular complexity index is 1060. The molecule has 1 aliphatic carbocycles. The Labute approximate surface area is 216 Å².